The topological polar surface area (TPSA) is 24.5 Å². The van der Waals surface area contributed by atoms with Crippen LogP contribution in [0.1, 0.15) is 51.4 Å². The molecule has 0 aromatic heterocycles. The molecule has 0 aliphatic carbocycles. The van der Waals surface area contributed by atoms with E-state index >= 15 is 0 Å². The largest absolute Gasteiger partial charge is 0.274 e. The highest BCUT2D eigenvalue weighted by atomic mass is 19.3. The Morgan fingerprint density at radius 2 is 1.30 bits per heavy atom. The van der Waals surface area contributed by atoms with E-state index in [-0.39, 0.29) is 6.42 Å². The molecular weight excluding hydrogens is 346 g/mol. The Hall–Kier alpha value is -2.14. The van der Waals surface area contributed by atoms with E-state index < -0.39 is 6.43 Å². The van der Waals surface area contributed by atoms with Crippen molar-refractivity contribution in [1.82, 2.24) is 0 Å². The van der Waals surface area contributed by atoms with Gasteiger partial charge in [0, 0.05) is 6.42 Å². The van der Waals surface area contributed by atoms with Crippen LogP contribution in [0.4, 0.5) is 20.2 Å². The Kier molecular flexibility index (Phi) is 10.3. The number of nitrogens with zero attached hydrogens (tertiary/aromatic N) is 1. The van der Waals surface area contributed by atoms with Gasteiger partial charge in [0.2, 0.25) is 6.43 Å². The monoisotopic (exact) mass is 376 g/mol. The van der Waals surface area contributed by atoms with Gasteiger partial charge in [0.15, 0.2) is 0 Å². The van der Waals surface area contributed by atoms with Crippen molar-refractivity contribution in [3.05, 3.63) is 60.7 Å². The molecular formula is C22H30F2N2O. The highest BCUT2D eigenvalue weighted by molar-refractivity contribution is 5.52. The number of anilines is 2. The molecule has 0 bridgehead atoms. The Morgan fingerprint density at radius 1 is 0.741 bits per heavy atom. The number of halogens is 2. The summed E-state index contributed by atoms with van der Waals surface area (Å²) >= 11 is 0. The molecule has 148 valence electrons. The van der Waals surface area contributed by atoms with Crippen molar-refractivity contribution in [1.29, 1.82) is 0 Å². The van der Waals surface area contributed by atoms with E-state index in [0.29, 0.717) is 13.0 Å². The summed E-state index contributed by atoms with van der Waals surface area (Å²) in [7, 11) is 0. The third-order valence-corrected chi connectivity index (χ3v) is 4.28. The van der Waals surface area contributed by atoms with Crippen molar-refractivity contribution in [2.24, 2.45) is 0 Å². The first kappa shape index (κ1) is 21.2. The summed E-state index contributed by atoms with van der Waals surface area (Å²) in [5, 5.41) is 1.71. The van der Waals surface area contributed by atoms with Gasteiger partial charge in [-0.25, -0.2) is 8.78 Å². The molecule has 0 unspecified atom stereocenters. The molecule has 2 aromatic rings. The summed E-state index contributed by atoms with van der Waals surface area (Å²) < 4.78 is 24.1. The molecule has 2 rings (SSSR count). The smallest absolute Gasteiger partial charge is 0.238 e. The number of hydrazine groups is 1. The van der Waals surface area contributed by atoms with Gasteiger partial charge in [0.1, 0.15) is 0 Å². The van der Waals surface area contributed by atoms with Crippen LogP contribution >= 0.6 is 0 Å². The maximum absolute atomic E-state index is 12.1. The van der Waals surface area contributed by atoms with E-state index in [1.54, 1.807) is 5.17 Å². The van der Waals surface area contributed by atoms with Gasteiger partial charge in [-0.15, -0.1) is 0 Å². The fraction of sp³-hybridized carbons (Fsp3) is 0.455. The fourth-order valence-corrected chi connectivity index (χ4v) is 2.81. The van der Waals surface area contributed by atoms with Crippen molar-refractivity contribution in [3.8, 4) is 0 Å². The van der Waals surface area contributed by atoms with Crippen LogP contribution in [0.25, 0.3) is 0 Å². The third-order valence-electron chi connectivity index (χ3n) is 4.28. The molecule has 0 amide bonds. The molecule has 0 radical (unpaired) electrons. The van der Waals surface area contributed by atoms with Crippen LogP contribution in [-0.2, 0) is 4.84 Å². The van der Waals surface area contributed by atoms with Crippen LogP contribution in [0.2, 0.25) is 0 Å². The zero-order valence-corrected chi connectivity index (χ0v) is 15.8. The number of nitrogens with one attached hydrogen (secondary N) is 1. The van der Waals surface area contributed by atoms with E-state index in [1.165, 1.54) is 0 Å². The summed E-state index contributed by atoms with van der Waals surface area (Å²) in [5.74, 6) is 0. The van der Waals surface area contributed by atoms with E-state index in [2.05, 4.69) is 5.43 Å². The van der Waals surface area contributed by atoms with Gasteiger partial charge in [-0.3, -0.25) is 10.3 Å². The fourth-order valence-electron chi connectivity index (χ4n) is 2.81. The summed E-state index contributed by atoms with van der Waals surface area (Å²) in [5.41, 5.74) is 5.19. The van der Waals surface area contributed by atoms with Gasteiger partial charge in [0.05, 0.1) is 18.0 Å². The summed E-state index contributed by atoms with van der Waals surface area (Å²) in [6, 6.07) is 19.8. The van der Waals surface area contributed by atoms with E-state index in [9.17, 15) is 8.78 Å². The summed E-state index contributed by atoms with van der Waals surface area (Å²) in [6.07, 6.45) is 4.75. The molecule has 0 atom stereocenters. The predicted octanol–water partition coefficient (Wildman–Crippen LogP) is 6.84. The average Bonchev–Trinajstić information content (AvgIpc) is 2.69. The number of hydrogen-bond acceptors (Lipinski definition) is 3. The third kappa shape index (κ3) is 9.38. The first-order valence-electron chi connectivity index (χ1n) is 9.83. The standard InChI is InChI=1S/C22H30F2N2O/c23-22(24)18-12-4-2-1-3-5-13-19-27-26(21-16-10-7-11-17-21)25-20-14-8-6-9-15-20/h6-11,14-17,22,25H,1-5,12-13,18-19H2. The highest BCUT2D eigenvalue weighted by Crippen LogP contribution is 2.17. The molecule has 1 N–H and O–H groups in total. The lowest BCUT2D eigenvalue weighted by molar-refractivity contribution is 0.117. The van der Waals surface area contributed by atoms with Crippen molar-refractivity contribution < 1.29 is 13.6 Å². The number of rotatable bonds is 14. The molecule has 27 heavy (non-hydrogen) atoms. The minimum atomic E-state index is -2.15. The first-order chi connectivity index (χ1) is 13.3. The normalized spacial score (nSPS) is 10.9. The zero-order valence-electron chi connectivity index (χ0n) is 15.8. The summed E-state index contributed by atoms with van der Waals surface area (Å²) in [4.78, 5) is 5.94. The van der Waals surface area contributed by atoms with Crippen molar-refractivity contribution in [2.45, 2.75) is 57.8 Å². The molecule has 0 saturated heterocycles. The van der Waals surface area contributed by atoms with Gasteiger partial charge in [-0.05, 0) is 37.1 Å². The first-order valence-corrected chi connectivity index (χ1v) is 9.83. The van der Waals surface area contributed by atoms with Crippen molar-refractivity contribution >= 4 is 11.4 Å². The van der Waals surface area contributed by atoms with Crippen LogP contribution in [0.15, 0.2) is 60.7 Å². The van der Waals surface area contributed by atoms with Crippen LogP contribution in [-0.4, -0.2) is 13.0 Å². The second kappa shape index (κ2) is 13.1. The maximum atomic E-state index is 12.1. The second-order valence-corrected chi connectivity index (χ2v) is 6.60. The quantitative estimate of drug-likeness (QED) is 0.289. The molecule has 5 heteroatoms. The molecule has 0 heterocycles. The molecule has 0 fully saturated rings. The van der Waals surface area contributed by atoms with E-state index in [0.717, 1.165) is 49.9 Å². The van der Waals surface area contributed by atoms with Gasteiger partial charge >= 0.3 is 0 Å². The lowest BCUT2D eigenvalue weighted by Gasteiger charge is -2.25. The second-order valence-electron chi connectivity index (χ2n) is 6.60. The molecule has 0 saturated carbocycles. The minimum Gasteiger partial charge on any atom is -0.274 e. The highest BCUT2D eigenvalue weighted by Gasteiger charge is 2.07. The SMILES string of the molecule is FC(F)CCCCCCCCCON(Nc1ccccc1)c1ccccc1. The van der Waals surface area contributed by atoms with E-state index in [1.807, 2.05) is 60.7 Å². The van der Waals surface area contributed by atoms with Gasteiger partial charge in [-0.1, -0.05) is 68.5 Å². The lowest BCUT2D eigenvalue weighted by Crippen LogP contribution is -2.30. The number of hydrogen-bond donors (Lipinski definition) is 1. The van der Waals surface area contributed by atoms with E-state index in [4.69, 9.17) is 4.84 Å². The van der Waals surface area contributed by atoms with Gasteiger partial charge < -0.3 is 0 Å². The van der Waals surface area contributed by atoms with Crippen LogP contribution in [0.5, 0.6) is 0 Å². The number of benzene rings is 2. The number of unbranched alkanes of at least 4 members (excludes halogenated alkanes) is 6. The van der Waals surface area contributed by atoms with Crippen LogP contribution in [0.3, 0.4) is 0 Å². The van der Waals surface area contributed by atoms with Crippen molar-refractivity contribution in [2.75, 3.05) is 17.2 Å². The van der Waals surface area contributed by atoms with Crippen LogP contribution in [0, 0.1) is 0 Å². The Balaban J connectivity index is 1.64. The van der Waals surface area contributed by atoms with Gasteiger partial charge in [-0.2, -0.15) is 5.17 Å². The zero-order chi connectivity index (χ0) is 19.2. The molecule has 3 nitrogen and oxygen atoms in total. The Morgan fingerprint density at radius 3 is 1.93 bits per heavy atom. The molecule has 0 aliphatic heterocycles. The molecule has 0 spiro atoms. The van der Waals surface area contributed by atoms with Gasteiger partial charge in [0.25, 0.3) is 0 Å². The molecule has 0 aliphatic rings. The van der Waals surface area contributed by atoms with Crippen molar-refractivity contribution in [3.63, 3.8) is 0 Å². The molecule has 2 aromatic carbocycles. The Bertz CT molecular complexity index is 596. The Labute approximate surface area is 161 Å². The maximum Gasteiger partial charge on any atom is 0.238 e. The number of alkyl halides is 2. The lowest BCUT2D eigenvalue weighted by atomic mass is 10.1. The minimum absolute atomic E-state index is 0.0393. The number of para-hydroxylation sites is 2. The predicted molar refractivity (Wildman–Crippen MR) is 108 cm³/mol. The summed E-state index contributed by atoms with van der Waals surface area (Å²) in [6.45, 7) is 0.625. The average molecular weight is 376 g/mol. The van der Waals surface area contributed by atoms with Crippen LogP contribution < -0.4 is 10.6 Å².